The lowest BCUT2D eigenvalue weighted by atomic mass is 10.2. The monoisotopic (exact) mass is 241 g/mol. The van der Waals surface area contributed by atoms with E-state index in [9.17, 15) is 10.2 Å². The fourth-order valence-electron chi connectivity index (χ4n) is 1.97. The molecule has 0 amide bonds. The van der Waals surface area contributed by atoms with E-state index in [1.165, 1.54) is 18.2 Å². The summed E-state index contributed by atoms with van der Waals surface area (Å²) in [5, 5.41) is 19.4. The highest BCUT2D eigenvalue weighted by atomic mass is 16.3. The van der Waals surface area contributed by atoms with Crippen molar-refractivity contribution in [3.63, 3.8) is 0 Å². The van der Waals surface area contributed by atoms with Crippen molar-refractivity contribution in [3.8, 4) is 22.9 Å². The zero-order valence-corrected chi connectivity index (χ0v) is 9.70. The van der Waals surface area contributed by atoms with E-state index in [1.54, 1.807) is 6.20 Å². The van der Waals surface area contributed by atoms with Crippen LogP contribution in [0.4, 0.5) is 0 Å². The number of aryl methyl sites for hydroxylation is 1. The zero-order chi connectivity index (χ0) is 12.7. The van der Waals surface area contributed by atoms with Gasteiger partial charge in [-0.25, -0.2) is 9.97 Å². The number of fused-ring (bicyclic) bond motifs is 1. The van der Waals surface area contributed by atoms with Gasteiger partial charge in [0.05, 0.1) is 11.1 Å². The van der Waals surface area contributed by atoms with Crippen LogP contribution in [0.3, 0.4) is 0 Å². The quantitative estimate of drug-likeness (QED) is 0.639. The van der Waals surface area contributed by atoms with Gasteiger partial charge in [0.15, 0.2) is 5.65 Å². The predicted octanol–water partition coefficient (Wildman–Crippen LogP) is 2.05. The van der Waals surface area contributed by atoms with Gasteiger partial charge >= 0.3 is 0 Å². The van der Waals surface area contributed by atoms with Gasteiger partial charge in [-0.05, 0) is 30.3 Å². The lowest BCUT2D eigenvalue weighted by Gasteiger charge is -2.05. The molecule has 2 N–H and O–H groups in total. The minimum Gasteiger partial charge on any atom is -0.508 e. The number of aromatic hydroxyl groups is 2. The van der Waals surface area contributed by atoms with Gasteiger partial charge < -0.3 is 14.8 Å². The van der Waals surface area contributed by atoms with E-state index in [-0.39, 0.29) is 11.5 Å². The maximum atomic E-state index is 9.85. The van der Waals surface area contributed by atoms with Crippen molar-refractivity contribution >= 4 is 11.2 Å². The van der Waals surface area contributed by atoms with Crippen molar-refractivity contribution in [1.29, 1.82) is 0 Å². The summed E-state index contributed by atoms with van der Waals surface area (Å²) in [4.78, 5) is 8.53. The fourth-order valence-corrected chi connectivity index (χ4v) is 1.97. The molecule has 0 fully saturated rings. The molecule has 0 atom stereocenters. The molecule has 1 aromatic carbocycles. The van der Waals surface area contributed by atoms with E-state index in [2.05, 4.69) is 9.97 Å². The van der Waals surface area contributed by atoms with Crippen LogP contribution in [0.5, 0.6) is 11.5 Å². The average Bonchev–Trinajstić information content (AvgIpc) is 2.71. The summed E-state index contributed by atoms with van der Waals surface area (Å²) in [5.41, 5.74) is 1.96. The van der Waals surface area contributed by atoms with Crippen LogP contribution in [0.2, 0.25) is 0 Å². The van der Waals surface area contributed by atoms with Crippen LogP contribution >= 0.6 is 0 Å². The summed E-state index contributed by atoms with van der Waals surface area (Å²) in [7, 11) is 1.84. The number of benzene rings is 1. The SMILES string of the molecule is Cn1c(-c2cc(O)ccc2O)nc2ncccc21. The number of rotatable bonds is 1. The second-order valence-electron chi connectivity index (χ2n) is 4.04. The van der Waals surface area contributed by atoms with Gasteiger partial charge in [0, 0.05) is 13.2 Å². The summed E-state index contributed by atoms with van der Waals surface area (Å²) in [6.45, 7) is 0. The number of aromatic nitrogens is 3. The Hall–Kier alpha value is -2.56. The first-order chi connectivity index (χ1) is 8.66. The van der Waals surface area contributed by atoms with Crippen molar-refractivity contribution in [2.75, 3.05) is 0 Å². The van der Waals surface area contributed by atoms with E-state index in [0.717, 1.165) is 5.52 Å². The van der Waals surface area contributed by atoms with Crippen LogP contribution in [0.15, 0.2) is 36.5 Å². The van der Waals surface area contributed by atoms with Gasteiger partial charge in [-0.2, -0.15) is 0 Å². The third-order valence-corrected chi connectivity index (χ3v) is 2.88. The van der Waals surface area contributed by atoms with Gasteiger partial charge in [0.25, 0.3) is 0 Å². The van der Waals surface area contributed by atoms with Gasteiger partial charge in [0.1, 0.15) is 17.3 Å². The number of hydrogen-bond acceptors (Lipinski definition) is 4. The van der Waals surface area contributed by atoms with Crippen molar-refractivity contribution < 1.29 is 10.2 Å². The van der Waals surface area contributed by atoms with Crippen LogP contribution in [-0.2, 0) is 7.05 Å². The summed E-state index contributed by atoms with van der Waals surface area (Å²) in [6, 6.07) is 8.09. The molecule has 0 radical (unpaired) electrons. The van der Waals surface area contributed by atoms with Crippen LogP contribution in [0.25, 0.3) is 22.6 Å². The second kappa shape index (κ2) is 3.73. The molecular weight excluding hydrogens is 230 g/mol. The number of pyridine rings is 1. The number of hydrogen-bond donors (Lipinski definition) is 2. The van der Waals surface area contributed by atoms with Crippen LogP contribution in [-0.4, -0.2) is 24.7 Å². The summed E-state index contributed by atoms with van der Waals surface area (Å²) in [5.74, 6) is 0.728. The molecule has 0 aliphatic carbocycles. The summed E-state index contributed by atoms with van der Waals surface area (Å²) in [6.07, 6.45) is 1.67. The molecule has 2 aromatic heterocycles. The Bertz CT molecular complexity index is 734. The maximum Gasteiger partial charge on any atom is 0.178 e. The van der Waals surface area contributed by atoms with Gasteiger partial charge in [-0.3, -0.25) is 0 Å². The topological polar surface area (TPSA) is 71.2 Å². The van der Waals surface area contributed by atoms with Crippen LogP contribution in [0, 0.1) is 0 Å². The molecule has 0 aliphatic rings. The third kappa shape index (κ3) is 1.48. The normalized spacial score (nSPS) is 10.9. The number of phenols is 2. The third-order valence-electron chi connectivity index (χ3n) is 2.88. The van der Waals surface area contributed by atoms with E-state index < -0.39 is 0 Å². The molecule has 0 spiro atoms. The van der Waals surface area contributed by atoms with E-state index >= 15 is 0 Å². The summed E-state index contributed by atoms with van der Waals surface area (Å²) >= 11 is 0. The highest BCUT2D eigenvalue weighted by molar-refractivity contribution is 5.79. The number of phenolic OH excluding ortho intramolecular Hbond substituents is 2. The Morgan fingerprint density at radius 2 is 2.00 bits per heavy atom. The molecule has 0 saturated heterocycles. The number of nitrogens with zero attached hydrogens (tertiary/aromatic N) is 3. The Kier molecular flexibility index (Phi) is 2.19. The molecule has 0 unspecified atom stereocenters. The smallest absolute Gasteiger partial charge is 0.178 e. The van der Waals surface area contributed by atoms with Crippen molar-refractivity contribution in [3.05, 3.63) is 36.5 Å². The Balaban J connectivity index is 2.31. The second-order valence-corrected chi connectivity index (χ2v) is 4.04. The van der Waals surface area contributed by atoms with E-state index in [0.29, 0.717) is 17.0 Å². The highest BCUT2D eigenvalue weighted by Gasteiger charge is 2.14. The minimum atomic E-state index is 0.0752. The van der Waals surface area contributed by atoms with Crippen molar-refractivity contribution in [2.24, 2.45) is 7.05 Å². The highest BCUT2D eigenvalue weighted by Crippen LogP contribution is 2.32. The predicted molar refractivity (Wildman–Crippen MR) is 67.3 cm³/mol. The molecule has 3 aromatic rings. The maximum absolute atomic E-state index is 9.85. The molecule has 0 bridgehead atoms. The Morgan fingerprint density at radius 3 is 2.78 bits per heavy atom. The first kappa shape index (κ1) is 10.6. The zero-order valence-electron chi connectivity index (χ0n) is 9.70. The molecule has 0 saturated carbocycles. The lowest BCUT2D eigenvalue weighted by molar-refractivity contribution is 0.461. The Morgan fingerprint density at radius 1 is 1.17 bits per heavy atom. The van der Waals surface area contributed by atoms with Crippen LogP contribution in [0.1, 0.15) is 0 Å². The largest absolute Gasteiger partial charge is 0.508 e. The van der Waals surface area contributed by atoms with Gasteiger partial charge in [-0.15, -0.1) is 0 Å². The van der Waals surface area contributed by atoms with Crippen molar-refractivity contribution in [2.45, 2.75) is 0 Å². The molecule has 0 aliphatic heterocycles. The molecule has 2 heterocycles. The molecule has 5 heteroatoms. The average molecular weight is 241 g/mol. The van der Waals surface area contributed by atoms with E-state index in [4.69, 9.17) is 0 Å². The van der Waals surface area contributed by atoms with E-state index in [1.807, 2.05) is 23.7 Å². The van der Waals surface area contributed by atoms with Gasteiger partial charge in [-0.1, -0.05) is 0 Å². The van der Waals surface area contributed by atoms with Crippen LogP contribution < -0.4 is 0 Å². The van der Waals surface area contributed by atoms with Crippen molar-refractivity contribution in [1.82, 2.24) is 14.5 Å². The standard InChI is InChI=1S/C13H11N3O2/c1-16-10-3-2-6-14-12(10)15-13(16)9-7-8(17)4-5-11(9)18/h2-7,17-18H,1H3. The first-order valence-electron chi connectivity index (χ1n) is 5.46. The minimum absolute atomic E-state index is 0.0752. The lowest BCUT2D eigenvalue weighted by Crippen LogP contribution is -1.92. The fraction of sp³-hybridized carbons (Fsp3) is 0.0769. The molecule has 18 heavy (non-hydrogen) atoms. The van der Waals surface area contributed by atoms with Gasteiger partial charge in [0.2, 0.25) is 0 Å². The summed E-state index contributed by atoms with van der Waals surface area (Å²) < 4.78 is 1.83. The Labute approximate surface area is 103 Å². The molecule has 90 valence electrons. The molecule has 3 rings (SSSR count). The number of imidazole rings is 1. The molecular formula is C13H11N3O2. The molecule has 5 nitrogen and oxygen atoms in total. The first-order valence-corrected chi connectivity index (χ1v) is 5.46.